The zero-order valence-corrected chi connectivity index (χ0v) is 18.3. The van der Waals surface area contributed by atoms with Gasteiger partial charge in [-0.3, -0.25) is 4.79 Å². The Kier molecular flexibility index (Phi) is 8.80. The van der Waals surface area contributed by atoms with Gasteiger partial charge in [-0.15, -0.1) is 0 Å². The Morgan fingerprint density at radius 3 is 2.52 bits per heavy atom. The summed E-state index contributed by atoms with van der Waals surface area (Å²) in [6.45, 7) is 9.17. The number of rotatable bonds is 11. The van der Waals surface area contributed by atoms with Crippen molar-refractivity contribution in [2.24, 2.45) is 5.92 Å². The van der Waals surface area contributed by atoms with Gasteiger partial charge in [0.1, 0.15) is 12.6 Å². The van der Waals surface area contributed by atoms with Crippen LogP contribution in [-0.4, -0.2) is 23.7 Å². The Hall–Kier alpha value is -2.24. The quantitative estimate of drug-likeness (QED) is 0.523. The molecular formula is C23H30ClNO4. The Labute approximate surface area is 178 Å². The van der Waals surface area contributed by atoms with Gasteiger partial charge in [0.2, 0.25) is 0 Å². The third-order valence-corrected chi connectivity index (χ3v) is 4.79. The highest BCUT2D eigenvalue weighted by Gasteiger charge is 2.19. The number of hydrogen-bond donors (Lipinski definition) is 2. The first-order valence-corrected chi connectivity index (χ1v) is 10.3. The number of benzene rings is 2. The normalized spacial score (nSPS) is 12.1. The zero-order valence-electron chi connectivity index (χ0n) is 17.5. The summed E-state index contributed by atoms with van der Waals surface area (Å²) in [4.78, 5) is 11.5. The molecule has 1 unspecified atom stereocenters. The van der Waals surface area contributed by atoms with Crippen molar-refractivity contribution in [1.29, 1.82) is 0 Å². The molecule has 6 heteroatoms. The molecule has 2 aromatic rings. The number of aryl methyl sites for hydroxylation is 1. The molecule has 0 saturated carbocycles. The van der Waals surface area contributed by atoms with Crippen LogP contribution < -0.4 is 14.8 Å². The Bertz CT molecular complexity index is 823. The molecule has 0 bridgehead atoms. The van der Waals surface area contributed by atoms with E-state index >= 15 is 0 Å². The first kappa shape index (κ1) is 23.0. The lowest BCUT2D eigenvalue weighted by Gasteiger charge is -2.19. The molecule has 0 aliphatic carbocycles. The smallest absolute Gasteiger partial charge is 0.320 e. The molecule has 5 nitrogen and oxygen atoms in total. The first-order valence-electron chi connectivity index (χ1n) is 9.89. The van der Waals surface area contributed by atoms with Gasteiger partial charge in [0.05, 0.1) is 6.61 Å². The molecule has 158 valence electrons. The molecule has 0 fully saturated rings. The van der Waals surface area contributed by atoms with E-state index in [2.05, 4.69) is 11.4 Å². The molecule has 0 radical (unpaired) electrons. The van der Waals surface area contributed by atoms with Gasteiger partial charge in [0.15, 0.2) is 11.5 Å². The van der Waals surface area contributed by atoms with Gasteiger partial charge >= 0.3 is 5.97 Å². The van der Waals surface area contributed by atoms with Crippen LogP contribution in [0.5, 0.6) is 11.5 Å². The second-order valence-electron chi connectivity index (χ2n) is 7.50. The number of carbonyl (C=O) groups is 1. The van der Waals surface area contributed by atoms with Crippen molar-refractivity contribution < 1.29 is 19.4 Å². The van der Waals surface area contributed by atoms with Crippen molar-refractivity contribution >= 4 is 17.6 Å². The molecule has 2 aromatic carbocycles. The fourth-order valence-electron chi connectivity index (χ4n) is 3.03. The molecule has 0 heterocycles. The average Bonchev–Trinajstić information content (AvgIpc) is 2.65. The molecule has 1 atom stereocenters. The summed E-state index contributed by atoms with van der Waals surface area (Å²) in [5, 5.41) is 13.0. The Morgan fingerprint density at radius 1 is 1.17 bits per heavy atom. The molecule has 0 spiro atoms. The lowest BCUT2D eigenvalue weighted by Crippen LogP contribution is -2.37. The number of aliphatic carboxylic acids is 1. The summed E-state index contributed by atoms with van der Waals surface area (Å²) >= 11 is 6.45. The summed E-state index contributed by atoms with van der Waals surface area (Å²) in [6.07, 6.45) is 0.545. The van der Waals surface area contributed by atoms with Gasteiger partial charge in [0.25, 0.3) is 0 Å². The zero-order chi connectivity index (χ0) is 21.4. The number of carboxylic acids is 1. The van der Waals surface area contributed by atoms with Crippen molar-refractivity contribution in [1.82, 2.24) is 5.32 Å². The summed E-state index contributed by atoms with van der Waals surface area (Å²) in [5.41, 5.74) is 3.00. The van der Waals surface area contributed by atoms with E-state index < -0.39 is 12.0 Å². The van der Waals surface area contributed by atoms with Gasteiger partial charge < -0.3 is 19.9 Å². The van der Waals surface area contributed by atoms with Crippen LogP contribution in [0.25, 0.3) is 0 Å². The van der Waals surface area contributed by atoms with Crippen LogP contribution in [0.3, 0.4) is 0 Å². The van der Waals surface area contributed by atoms with Crippen LogP contribution >= 0.6 is 11.6 Å². The molecule has 0 aromatic heterocycles. The minimum absolute atomic E-state index is 0.274. The van der Waals surface area contributed by atoms with E-state index in [-0.39, 0.29) is 5.92 Å². The summed E-state index contributed by atoms with van der Waals surface area (Å²) in [6, 6.07) is 11.0. The lowest BCUT2D eigenvalue weighted by molar-refractivity contribution is -0.140. The first-order chi connectivity index (χ1) is 13.8. The van der Waals surface area contributed by atoms with Crippen LogP contribution in [0.2, 0.25) is 5.02 Å². The van der Waals surface area contributed by atoms with Gasteiger partial charge in [-0.1, -0.05) is 55.3 Å². The number of ether oxygens (including phenoxy) is 2. The topological polar surface area (TPSA) is 67.8 Å². The van der Waals surface area contributed by atoms with Crippen LogP contribution in [0.15, 0.2) is 36.4 Å². The van der Waals surface area contributed by atoms with Crippen LogP contribution in [0.4, 0.5) is 0 Å². The third kappa shape index (κ3) is 7.26. The molecule has 0 aliphatic heterocycles. The summed E-state index contributed by atoms with van der Waals surface area (Å²) in [7, 11) is 0. The van der Waals surface area contributed by atoms with E-state index in [1.807, 2.05) is 52.0 Å². The van der Waals surface area contributed by atoms with Crippen molar-refractivity contribution in [3.05, 3.63) is 58.1 Å². The molecule has 2 N–H and O–H groups in total. The van der Waals surface area contributed by atoms with Gasteiger partial charge in [-0.05, 0) is 43.4 Å². The van der Waals surface area contributed by atoms with E-state index in [0.717, 1.165) is 11.1 Å². The van der Waals surface area contributed by atoms with E-state index in [4.69, 9.17) is 21.1 Å². The van der Waals surface area contributed by atoms with E-state index in [0.29, 0.717) is 42.7 Å². The largest absolute Gasteiger partial charge is 0.490 e. The van der Waals surface area contributed by atoms with Gasteiger partial charge in [-0.2, -0.15) is 0 Å². The fourth-order valence-corrected chi connectivity index (χ4v) is 3.25. The number of hydrogen-bond acceptors (Lipinski definition) is 4. The maximum atomic E-state index is 11.5. The van der Waals surface area contributed by atoms with Crippen molar-refractivity contribution in [3.8, 4) is 11.5 Å². The third-order valence-electron chi connectivity index (χ3n) is 4.43. The number of carboxylic acid groups (broad SMARTS) is 1. The second kappa shape index (κ2) is 11.1. The number of halogens is 1. The number of nitrogens with one attached hydrogen (secondary N) is 1. The molecule has 0 aliphatic rings. The molecule has 29 heavy (non-hydrogen) atoms. The molecule has 2 rings (SSSR count). The Morgan fingerprint density at radius 2 is 1.90 bits per heavy atom. The predicted molar refractivity (Wildman–Crippen MR) is 116 cm³/mol. The highest BCUT2D eigenvalue weighted by atomic mass is 35.5. The van der Waals surface area contributed by atoms with Crippen LogP contribution in [-0.2, 0) is 17.9 Å². The minimum Gasteiger partial charge on any atom is -0.490 e. The second-order valence-corrected chi connectivity index (χ2v) is 7.91. The molecule has 0 saturated heterocycles. The standard InChI is InChI=1S/C23H30ClNO4/c1-5-28-21-11-18(13-25-20(23(26)27)9-15(2)3)19(24)12-22(21)29-14-17-8-6-7-16(4)10-17/h6-8,10-12,15,20,25H,5,9,13-14H2,1-4H3,(H,26,27). The highest BCUT2D eigenvalue weighted by molar-refractivity contribution is 6.31. The van der Waals surface area contributed by atoms with Gasteiger partial charge in [0, 0.05) is 17.6 Å². The molecule has 0 amide bonds. The van der Waals surface area contributed by atoms with Crippen LogP contribution in [0.1, 0.15) is 43.9 Å². The summed E-state index contributed by atoms with van der Waals surface area (Å²) in [5.74, 6) is 0.574. The van der Waals surface area contributed by atoms with Crippen molar-refractivity contribution in [2.75, 3.05) is 6.61 Å². The van der Waals surface area contributed by atoms with Gasteiger partial charge in [-0.25, -0.2) is 0 Å². The Balaban J connectivity index is 2.14. The van der Waals surface area contributed by atoms with Crippen molar-refractivity contribution in [2.45, 2.75) is 53.3 Å². The van der Waals surface area contributed by atoms with Crippen molar-refractivity contribution in [3.63, 3.8) is 0 Å². The van der Waals surface area contributed by atoms with E-state index in [9.17, 15) is 9.90 Å². The van der Waals surface area contributed by atoms with E-state index in [1.54, 1.807) is 6.07 Å². The van der Waals surface area contributed by atoms with Crippen LogP contribution in [0, 0.1) is 12.8 Å². The average molecular weight is 420 g/mol. The fraction of sp³-hybridized carbons (Fsp3) is 0.435. The maximum Gasteiger partial charge on any atom is 0.320 e. The highest BCUT2D eigenvalue weighted by Crippen LogP contribution is 2.34. The summed E-state index contributed by atoms with van der Waals surface area (Å²) < 4.78 is 11.7. The monoisotopic (exact) mass is 419 g/mol. The predicted octanol–water partition coefficient (Wildman–Crippen LogP) is 5.22. The molecular weight excluding hydrogens is 390 g/mol. The maximum absolute atomic E-state index is 11.5. The SMILES string of the molecule is CCOc1cc(CNC(CC(C)C)C(=O)O)c(Cl)cc1OCc1cccc(C)c1. The minimum atomic E-state index is -0.863. The van der Waals surface area contributed by atoms with E-state index in [1.165, 1.54) is 5.56 Å². The lowest BCUT2D eigenvalue weighted by atomic mass is 10.0.